The third-order valence-electron chi connectivity index (χ3n) is 4.50. The van der Waals surface area contributed by atoms with Crippen LogP contribution in [0.3, 0.4) is 0 Å². The number of halogens is 3. The van der Waals surface area contributed by atoms with Gasteiger partial charge in [0.05, 0.1) is 22.3 Å². The van der Waals surface area contributed by atoms with E-state index in [1.165, 1.54) is 4.90 Å². The van der Waals surface area contributed by atoms with Crippen molar-refractivity contribution in [3.8, 4) is 0 Å². The maximum atomic E-state index is 12.9. The minimum atomic E-state index is -0.265. The second kappa shape index (κ2) is 11.2. The molecule has 0 spiro atoms. The van der Waals surface area contributed by atoms with Crippen molar-refractivity contribution < 1.29 is 14.8 Å². The van der Waals surface area contributed by atoms with Crippen LogP contribution in [0.1, 0.15) is 34.3 Å². The van der Waals surface area contributed by atoms with Gasteiger partial charge in [0.2, 0.25) is 0 Å². The molecule has 0 saturated carbocycles. The average molecular weight is 486 g/mol. The first kappa shape index (κ1) is 24.8. The van der Waals surface area contributed by atoms with Gasteiger partial charge in [0.1, 0.15) is 0 Å². The molecule has 2 aromatic rings. The summed E-state index contributed by atoms with van der Waals surface area (Å²) in [6.45, 7) is 3.71. The Balaban J connectivity index is 2.29. The number of hydrogen-bond acceptors (Lipinski definition) is 5. The van der Waals surface area contributed by atoms with Crippen LogP contribution in [0.4, 0.5) is 0 Å². The fourth-order valence-corrected chi connectivity index (χ4v) is 3.42. The van der Waals surface area contributed by atoms with E-state index in [-0.39, 0.29) is 30.8 Å². The number of aryl methyl sites for hydroxylation is 1. The Hall–Kier alpha value is -2.48. The van der Waals surface area contributed by atoms with Crippen molar-refractivity contribution in [3.05, 3.63) is 68.2 Å². The lowest BCUT2D eigenvalue weighted by molar-refractivity contribution is 0.0812. The summed E-state index contributed by atoms with van der Waals surface area (Å²) >= 11 is 18.3. The Kier molecular flexibility index (Phi) is 8.98. The van der Waals surface area contributed by atoms with Crippen LogP contribution in [0.25, 0.3) is 0 Å². The van der Waals surface area contributed by atoms with Gasteiger partial charge in [-0.25, -0.2) is 0 Å². The second-order valence-electron chi connectivity index (χ2n) is 7.02. The molecule has 1 unspecified atom stereocenters. The smallest absolute Gasteiger partial charge is 0.253 e. The van der Waals surface area contributed by atoms with Crippen molar-refractivity contribution in [1.29, 1.82) is 0 Å². The minimum Gasteiger partial charge on any atom is -0.409 e. The molecule has 2 rings (SSSR count). The van der Waals surface area contributed by atoms with Crippen molar-refractivity contribution in [3.63, 3.8) is 0 Å². The van der Waals surface area contributed by atoms with Crippen LogP contribution in [0.15, 0.2) is 46.7 Å². The number of carbonyl (C=O) groups excluding carboxylic acids is 1. The van der Waals surface area contributed by atoms with Gasteiger partial charge in [0.25, 0.3) is 5.91 Å². The van der Waals surface area contributed by atoms with E-state index in [1.807, 2.05) is 19.9 Å². The Bertz CT molecular complexity index is 991. The quantitative estimate of drug-likeness (QED) is 0.239. The van der Waals surface area contributed by atoms with Gasteiger partial charge in [-0.15, -0.1) is 0 Å². The van der Waals surface area contributed by atoms with E-state index in [9.17, 15) is 4.79 Å². The van der Waals surface area contributed by atoms with Gasteiger partial charge in [0, 0.05) is 23.6 Å². The summed E-state index contributed by atoms with van der Waals surface area (Å²) in [6.07, 6.45) is 0. The van der Waals surface area contributed by atoms with Crippen molar-refractivity contribution in [2.75, 3.05) is 20.2 Å². The number of amidine groups is 1. The second-order valence-corrected chi connectivity index (χ2v) is 8.27. The Labute approximate surface area is 196 Å². The molecular weight excluding hydrogens is 463 g/mol. The van der Waals surface area contributed by atoms with Gasteiger partial charge in [-0.1, -0.05) is 58.1 Å². The zero-order valence-electron chi connectivity index (χ0n) is 17.3. The van der Waals surface area contributed by atoms with Crippen LogP contribution in [-0.4, -0.2) is 47.8 Å². The fraction of sp³-hybridized carbons (Fsp3) is 0.286. The SMILES string of the molecule is Cc1cc(Cl)cc(C(=O)N(C)C/C(=N/OC/C(N)=N\O)C(C)c2ccc(Cl)c(Cl)c2)c1. The molecule has 1 atom stereocenters. The lowest BCUT2D eigenvalue weighted by atomic mass is 9.95. The van der Waals surface area contributed by atoms with E-state index in [1.54, 1.807) is 37.4 Å². The van der Waals surface area contributed by atoms with Gasteiger partial charge in [-0.3, -0.25) is 4.79 Å². The first-order chi connectivity index (χ1) is 14.6. The molecule has 0 aliphatic rings. The molecule has 0 bridgehead atoms. The number of benzene rings is 2. The summed E-state index contributed by atoms with van der Waals surface area (Å²) < 4.78 is 0. The summed E-state index contributed by atoms with van der Waals surface area (Å²) in [4.78, 5) is 19.7. The van der Waals surface area contributed by atoms with Crippen molar-refractivity contribution in [2.45, 2.75) is 19.8 Å². The standard InChI is InChI=1S/C21H23Cl3N4O3/c1-12-6-15(8-16(22)7-12)21(29)28(3)10-19(27-31-11-20(25)26-30)13(2)14-4-5-17(23)18(24)9-14/h4-9,13,30H,10-11H2,1-3H3,(H2,25,26)/b27-19-. The monoisotopic (exact) mass is 484 g/mol. The number of oxime groups is 2. The van der Waals surface area contributed by atoms with E-state index < -0.39 is 0 Å². The molecule has 7 nitrogen and oxygen atoms in total. The summed E-state index contributed by atoms with van der Waals surface area (Å²) in [5, 5.41) is 17.0. The summed E-state index contributed by atoms with van der Waals surface area (Å²) in [6, 6.07) is 10.4. The van der Waals surface area contributed by atoms with E-state index in [4.69, 9.17) is 50.6 Å². The van der Waals surface area contributed by atoms with E-state index >= 15 is 0 Å². The topological polar surface area (TPSA) is 101 Å². The molecule has 0 aromatic heterocycles. The number of rotatable bonds is 8. The molecule has 1 amide bonds. The van der Waals surface area contributed by atoms with E-state index in [0.29, 0.717) is 26.3 Å². The highest BCUT2D eigenvalue weighted by Gasteiger charge is 2.21. The highest BCUT2D eigenvalue weighted by molar-refractivity contribution is 6.42. The molecule has 0 aliphatic heterocycles. The highest BCUT2D eigenvalue weighted by Crippen LogP contribution is 2.27. The third kappa shape index (κ3) is 7.02. The van der Waals surface area contributed by atoms with Gasteiger partial charge < -0.3 is 20.7 Å². The van der Waals surface area contributed by atoms with Crippen molar-refractivity contribution in [1.82, 2.24) is 4.90 Å². The molecule has 0 aliphatic carbocycles. The predicted molar refractivity (Wildman–Crippen MR) is 125 cm³/mol. The van der Waals surface area contributed by atoms with Crippen LogP contribution < -0.4 is 5.73 Å². The fourth-order valence-electron chi connectivity index (χ4n) is 2.82. The van der Waals surface area contributed by atoms with Crippen LogP contribution in [-0.2, 0) is 4.84 Å². The van der Waals surface area contributed by atoms with Crippen LogP contribution in [0, 0.1) is 6.92 Å². The van der Waals surface area contributed by atoms with Gasteiger partial charge >= 0.3 is 0 Å². The maximum absolute atomic E-state index is 12.9. The zero-order chi connectivity index (χ0) is 23.1. The number of nitrogens with zero attached hydrogens (tertiary/aromatic N) is 3. The van der Waals surface area contributed by atoms with E-state index in [2.05, 4.69) is 10.3 Å². The Morgan fingerprint density at radius 3 is 2.52 bits per heavy atom. The lowest BCUT2D eigenvalue weighted by Gasteiger charge is -2.22. The molecule has 0 saturated heterocycles. The average Bonchev–Trinajstić information content (AvgIpc) is 2.72. The number of hydrogen-bond donors (Lipinski definition) is 2. The van der Waals surface area contributed by atoms with Crippen molar-refractivity contribution >= 4 is 52.3 Å². The van der Waals surface area contributed by atoms with Gasteiger partial charge in [-0.2, -0.15) is 0 Å². The number of nitrogens with two attached hydrogens (primary N) is 1. The molecule has 3 N–H and O–H groups in total. The van der Waals surface area contributed by atoms with Crippen molar-refractivity contribution in [2.24, 2.45) is 16.0 Å². The highest BCUT2D eigenvalue weighted by atomic mass is 35.5. The molecule has 166 valence electrons. The molecule has 31 heavy (non-hydrogen) atoms. The molecular formula is C21H23Cl3N4O3. The number of carbonyl (C=O) groups is 1. The van der Waals surface area contributed by atoms with Crippen LogP contribution >= 0.6 is 34.8 Å². The normalized spacial score (nSPS) is 13.1. The first-order valence-electron chi connectivity index (χ1n) is 9.25. The Morgan fingerprint density at radius 2 is 1.90 bits per heavy atom. The largest absolute Gasteiger partial charge is 0.409 e. The first-order valence-corrected chi connectivity index (χ1v) is 10.4. The predicted octanol–water partition coefficient (Wildman–Crippen LogP) is 4.95. The van der Waals surface area contributed by atoms with Gasteiger partial charge in [0.15, 0.2) is 12.4 Å². The van der Waals surface area contributed by atoms with E-state index in [0.717, 1.165) is 11.1 Å². The number of amides is 1. The Morgan fingerprint density at radius 1 is 1.19 bits per heavy atom. The molecule has 0 fully saturated rings. The molecule has 2 aromatic carbocycles. The maximum Gasteiger partial charge on any atom is 0.253 e. The van der Waals surface area contributed by atoms with Crippen LogP contribution in [0.2, 0.25) is 15.1 Å². The summed E-state index contributed by atoms with van der Waals surface area (Å²) in [5.41, 5.74) is 8.14. The molecule has 0 radical (unpaired) electrons. The third-order valence-corrected chi connectivity index (χ3v) is 5.46. The molecule has 10 heteroatoms. The zero-order valence-corrected chi connectivity index (χ0v) is 19.5. The van der Waals surface area contributed by atoms with Crippen LogP contribution in [0.5, 0.6) is 0 Å². The summed E-state index contributed by atoms with van der Waals surface area (Å²) in [7, 11) is 1.65. The van der Waals surface area contributed by atoms with Gasteiger partial charge in [-0.05, 0) is 48.4 Å². The lowest BCUT2D eigenvalue weighted by Crippen LogP contribution is -2.34. The molecule has 0 heterocycles. The minimum absolute atomic E-state index is 0.135. The summed E-state index contributed by atoms with van der Waals surface area (Å²) in [5.74, 6) is -0.626.